The molecule has 0 spiro atoms. The van der Waals surface area contributed by atoms with Gasteiger partial charge in [0, 0.05) is 16.6 Å². The van der Waals surface area contributed by atoms with Gasteiger partial charge in [-0.2, -0.15) is 5.10 Å². The zero-order valence-electron chi connectivity index (χ0n) is 19.1. The van der Waals surface area contributed by atoms with E-state index in [2.05, 4.69) is 36.5 Å². The van der Waals surface area contributed by atoms with Crippen molar-refractivity contribution in [2.24, 2.45) is 0 Å². The Labute approximate surface area is 218 Å². The molecule has 5 aromatic rings. The molecule has 0 aliphatic carbocycles. The Hall–Kier alpha value is -3.76. The van der Waals surface area contributed by atoms with E-state index < -0.39 is 0 Å². The van der Waals surface area contributed by atoms with Gasteiger partial charge < -0.3 is 9.84 Å². The maximum absolute atomic E-state index is 13.0. The molecule has 0 fully saturated rings. The number of carbonyl (C=O) groups excluding carboxylic acids is 1. The Morgan fingerprint density at radius 3 is 2.72 bits per heavy atom. The van der Waals surface area contributed by atoms with Crippen LogP contribution in [0.25, 0.3) is 22.3 Å². The summed E-state index contributed by atoms with van der Waals surface area (Å²) in [5.41, 5.74) is 2.58. The zero-order valence-corrected chi connectivity index (χ0v) is 21.5. The third-order valence-corrected chi connectivity index (χ3v) is 6.57. The summed E-state index contributed by atoms with van der Waals surface area (Å²) >= 11 is 9.70. The monoisotopic (exact) mass is 566 g/mol. The maximum atomic E-state index is 13.0. The first-order chi connectivity index (χ1) is 17.4. The number of amides is 1. The van der Waals surface area contributed by atoms with Crippen molar-refractivity contribution < 1.29 is 9.32 Å². The van der Waals surface area contributed by atoms with Crippen LogP contribution < -0.4 is 10.9 Å². The molecule has 0 bridgehead atoms. The molecule has 0 radical (unpaired) electrons. The standard InChI is InChI=1S/C25H20BrClN6O3/c1-15-21(22(31-36-15)18-4-2-3-5-20(18)27)24(34)28-10-11-33-23-19(12-30-33)25(35)32(14-29-23)13-16-6-8-17(26)9-7-16/h2-9,12,14H,10-11,13H2,1H3,(H,28,34). The molecule has 0 aliphatic heterocycles. The second-order valence-electron chi connectivity index (χ2n) is 8.11. The molecule has 3 heterocycles. The van der Waals surface area contributed by atoms with Crippen LogP contribution in [0.2, 0.25) is 5.02 Å². The third kappa shape index (κ3) is 4.69. The number of fused-ring (bicyclic) bond motifs is 1. The van der Waals surface area contributed by atoms with Gasteiger partial charge in [-0.25, -0.2) is 9.67 Å². The van der Waals surface area contributed by atoms with Crippen LogP contribution in [0.15, 0.2) is 74.8 Å². The molecule has 2 aromatic carbocycles. The van der Waals surface area contributed by atoms with Crippen molar-refractivity contribution in [2.45, 2.75) is 20.0 Å². The molecule has 0 saturated carbocycles. The van der Waals surface area contributed by atoms with Gasteiger partial charge in [0.15, 0.2) is 5.65 Å². The van der Waals surface area contributed by atoms with Gasteiger partial charge in [0.05, 0.1) is 24.3 Å². The number of aromatic nitrogens is 5. The molecule has 11 heteroatoms. The highest BCUT2D eigenvalue weighted by Crippen LogP contribution is 2.30. The summed E-state index contributed by atoms with van der Waals surface area (Å²) in [5, 5.41) is 12.1. The molecular formula is C25H20BrClN6O3. The lowest BCUT2D eigenvalue weighted by Crippen LogP contribution is -2.28. The highest BCUT2D eigenvalue weighted by molar-refractivity contribution is 9.10. The Morgan fingerprint density at radius 1 is 1.17 bits per heavy atom. The lowest BCUT2D eigenvalue weighted by molar-refractivity contribution is 0.0951. The number of hydrogen-bond donors (Lipinski definition) is 1. The minimum absolute atomic E-state index is 0.178. The molecule has 9 nitrogen and oxygen atoms in total. The molecule has 0 saturated heterocycles. The molecule has 1 N–H and O–H groups in total. The molecule has 3 aromatic heterocycles. The minimum atomic E-state index is -0.343. The van der Waals surface area contributed by atoms with Crippen molar-refractivity contribution in [3.05, 3.63) is 97.8 Å². The van der Waals surface area contributed by atoms with E-state index in [1.165, 1.54) is 12.5 Å². The maximum Gasteiger partial charge on any atom is 0.264 e. The van der Waals surface area contributed by atoms with Crippen LogP contribution >= 0.6 is 27.5 Å². The van der Waals surface area contributed by atoms with E-state index in [0.717, 1.165) is 10.0 Å². The summed E-state index contributed by atoms with van der Waals surface area (Å²) < 4.78 is 9.38. The smallest absolute Gasteiger partial charge is 0.264 e. The third-order valence-electron chi connectivity index (χ3n) is 5.72. The Kier molecular flexibility index (Phi) is 6.71. The number of rotatable bonds is 7. The summed E-state index contributed by atoms with van der Waals surface area (Å²) in [6.45, 7) is 2.66. The van der Waals surface area contributed by atoms with Crippen LogP contribution in [0, 0.1) is 6.92 Å². The van der Waals surface area contributed by atoms with Crippen molar-refractivity contribution >= 4 is 44.5 Å². The van der Waals surface area contributed by atoms with Crippen LogP contribution in [-0.2, 0) is 13.1 Å². The second-order valence-corrected chi connectivity index (χ2v) is 9.43. The predicted molar refractivity (Wildman–Crippen MR) is 139 cm³/mol. The van der Waals surface area contributed by atoms with Crippen molar-refractivity contribution in [1.29, 1.82) is 0 Å². The van der Waals surface area contributed by atoms with Crippen molar-refractivity contribution in [3.8, 4) is 11.3 Å². The van der Waals surface area contributed by atoms with E-state index in [4.69, 9.17) is 16.1 Å². The first-order valence-corrected chi connectivity index (χ1v) is 12.2. The number of nitrogens with zero attached hydrogens (tertiary/aromatic N) is 5. The number of benzene rings is 2. The average Bonchev–Trinajstić information content (AvgIpc) is 3.46. The van der Waals surface area contributed by atoms with E-state index in [9.17, 15) is 9.59 Å². The van der Waals surface area contributed by atoms with Crippen molar-refractivity contribution in [2.75, 3.05) is 6.54 Å². The fraction of sp³-hybridized carbons (Fsp3) is 0.160. The summed E-state index contributed by atoms with van der Waals surface area (Å²) in [7, 11) is 0. The predicted octanol–water partition coefficient (Wildman–Crippen LogP) is 4.45. The lowest BCUT2D eigenvalue weighted by atomic mass is 10.1. The topological polar surface area (TPSA) is 108 Å². The number of hydrogen-bond acceptors (Lipinski definition) is 6. The molecule has 0 atom stereocenters. The minimum Gasteiger partial charge on any atom is -0.360 e. The van der Waals surface area contributed by atoms with E-state index in [1.807, 2.05) is 30.3 Å². The molecule has 0 aliphatic rings. The van der Waals surface area contributed by atoms with Gasteiger partial charge in [0.1, 0.15) is 28.7 Å². The van der Waals surface area contributed by atoms with Crippen LogP contribution in [-0.4, -0.2) is 36.9 Å². The Balaban J connectivity index is 1.30. The molecule has 182 valence electrons. The average molecular weight is 568 g/mol. The molecule has 5 rings (SSSR count). The Bertz CT molecular complexity index is 1620. The second kappa shape index (κ2) is 10.1. The Morgan fingerprint density at radius 2 is 1.94 bits per heavy atom. The van der Waals surface area contributed by atoms with Gasteiger partial charge in [-0.15, -0.1) is 0 Å². The molecule has 0 unspecified atom stereocenters. The first-order valence-electron chi connectivity index (χ1n) is 11.1. The van der Waals surface area contributed by atoms with Crippen LogP contribution in [0.3, 0.4) is 0 Å². The van der Waals surface area contributed by atoms with Gasteiger partial charge in [0.2, 0.25) is 0 Å². The number of aryl methyl sites for hydroxylation is 1. The van der Waals surface area contributed by atoms with Crippen LogP contribution in [0.5, 0.6) is 0 Å². The summed E-state index contributed by atoms with van der Waals surface area (Å²) in [4.78, 5) is 30.4. The fourth-order valence-corrected chi connectivity index (χ4v) is 4.39. The van der Waals surface area contributed by atoms with Gasteiger partial charge in [-0.05, 0) is 30.7 Å². The SMILES string of the molecule is Cc1onc(-c2ccccc2Cl)c1C(=O)NCCn1ncc2c(=O)n(Cc3ccc(Br)cc3)cnc21. The summed E-state index contributed by atoms with van der Waals surface area (Å²) in [6, 6.07) is 14.9. The van der Waals surface area contributed by atoms with E-state index in [-0.39, 0.29) is 18.0 Å². The number of halogens is 2. The first kappa shape index (κ1) is 24.0. The van der Waals surface area contributed by atoms with Crippen LogP contribution in [0.1, 0.15) is 21.7 Å². The lowest BCUT2D eigenvalue weighted by Gasteiger charge is -2.08. The quantitative estimate of drug-likeness (QED) is 0.311. The number of nitrogens with one attached hydrogen (secondary N) is 1. The number of carbonyl (C=O) groups is 1. The zero-order chi connectivity index (χ0) is 25.2. The largest absolute Gasteiger partial charge is 0.360 e. The summed E-state index contributed by atoms with van der Waals surface area (Å²) in [6.07, 6.45) is 3.02. The highest BCUT2D eigenvalue weighted by Gasteiger charge is 2.23. The van der Waals surface area contributed by atoms with Gasteiger partial charge >= 0.3 is 0 Å². The summed E-state index contributed by atoms with van der Waals surface area (Å²) in [5.74, 6) is 0.0462. The van der Waals surface area contributed by atoms with E-state index in [1.54, 1.807) is 34.4 Å². The fourth-order valence-electron chi connectivity index (χ4n) is 3.90. The molecule has 36 heavy (non-hydrogen) atoms. The highest BCUT2D eigenvalue weighted by atomic mass is 79.9. The van der Waals surface area contributed by atoms with E-state index in [0.29, 0.717) is 51.7 Å². The van der Waals surface area contributed by atoms with Crippen molar-refractivity contribution in [1.82, 2.24) is 29.8 Å². The van der Waals surface area contributed by atoms with Gasteiger partial charge in [0.25, 0.3) is 11.5 Å². The normalized spacial score (nSPS) is 11.2. The van der Waals surface area contributed by atoms with Gasteiger partial charge in [-0.1, -0.05) is 63.0 Å². The molecule has 1 amide bonds. The van der Waals surface area contributed by atoms with Crippen molar-refractivity contribution in [3.63, 3.8) is 0 Å². The van der Waals surface area contributed by atoms with Gasteiger partial charge in [-0.3, -0.25) is 14.2 Å². The van der Waals surface area contributed by atoms with Crippen LogP contribution in [0.4, 0.5) is 0 Å². The molecular weight excluding hydrogens is 548 g/mol. The van der Waals surface area contributed by atoms with E-state index >= 15 is 0 Å².